The minimum absolute atomic E-state index is 0.343. The number of H-pyrrole nitrogens is 1. The molecule has 0 aliphatic heterocycles. The van der Waals surface area contributed by atoms with Crippen LogP contribution in [-0.4, -0.2) is 18.1 Å². The van der Waals surface area contributed by atoms with E-state index in [-0.39, 0.29) is 5.97 Å². The number of ether oxygens (including phenoxy) is 1. The first kappa shape index (κ1) is 12.1. The number of rotatable bonds is 2. The number of aromatic amines is 1. The molecule has 0 unspecified atom stereocenters. The molecular formula is C15H12ClNO2. The smallest absolute Gasteiger partial charge is 0.354 e. The van der Waals surface area contributed by atoms with Crippen molar-refractivity contribution in [1.29, 1.82) is 0 Å². The van der Waals surface area contributed by atoms with E-state index in [1.54, 1.807) is 0 Å². The first-order chi connectivity index (χ1) is 9.19. The number of nitrogens with one attached hydrogen (secondary N) is 1. The predicted molar refractivity (Wildman–Crippen MR) is 74.4 cm³/mol. The fourth-order valence-corrected chi connectivity index (χ4v) is 2.46. The SMILES string of the molecule is COC(=O)c1cc2c([nH]1)CC=C2c1ccc(Cl)cc1. The normalized spacial score (nSPS) is 13.1. The maximum Gasteiger partial charge on any atom is 0.354 e. The van der Waals surface area contributed by atoms with Gasteiger partial charge in [0.2, 0.25) is 0 Å². The molecule has 1 aliphatic rings. The fourth-order valence-electron chi connectivity index (χ4n) is 2.34. The first-order valence-corrected chi connectivity index (χ1v) is 6.33. The Bertz CT molecular complexity index is 668. The minimum atomic E-state index is -0.343. The Morgan fingerprint density at radius 1 is 1.32 bits per heavy atom. The lowest BCUT2D eigenvalue weighted by Gasteiger charge is -2.02. The molecule has 1 aromatic carbocycles. The highest BCUT2D eigenvalue weighted by Gasteiger charge is 2.21. The summed E-state index contributed by atoms with van der Waals surface area (Å²) < 4.78 is 4.72. The average Bonchev–Trinajstić information content (AvgIpc) is 2.99. The second kappa shape index (κ2) is 4.59. The molecule has 19 heavy (non-hydrogen) atoms. The summed E-state index contributed by atoms with van der Waals surface area (Å²) in [6.07, 6.45) is 2.94. The van der Waals surface area contributed by atoms with Gasteiger partial charge < -0.3 is 9.72 Å². The molecule has 3 rings (SSSR count). The van der Waals surface area contributed by atoms with Gasteiger partial charge in [-0.25, -0.2) is 4.79 Å². The largest absolute Gasteiger partial charge is 0.464 e. The molecule has 0 atom stereocenters. The number of carbonyl (C=O) groups excluding carboxylic acids is 1. The Morgan fingerprint density at radius 2 is 2.05 bits per heavy atom. The summed E-state index contributed by atoms with van der Waals surface area (Å²) in [5.74, 6) is -0.343. The molecule has 96 valence electrons. The van der Waals surface area contributed by atoms with Gasteiger partial charge in [-0.15, -0.1) is 0 Å². The Balaban J connectivity index is 1.99. The summed E-state index contributed by atoms with van der Waals surface area (Å²) in [5, 5.41) is 0.715. The van der Waals surface area contributed by atoms with E-state index in [0.717, 1.165) is 28.8 Å². The highest BCUT2D eigenvalue weighted by Crippen LogP contribution is 2.33. The number of carbonyl (C=O) groups is 1. The molecule has 0 fully saturated rings. The van der Waals surface area contributed by atoms with Crippen LogP contribution in [0.1, 0.15) is 27.3 Å². The van der Waals surface area contributed by atoms with E-state index in [4.69, 9.17) is 16.3 Å². The van der Waals surface area contributed by atoms with Crippen molar-refractivity contribution in [2.75, 3.05) is 7.11 Å². The number of hydrogen-bond acceptors (Lipinski definition) is 2. The summed E-state index contributed by atoms with van der Waals surface area (Å²) >= 11 is 5.90. The summed E-state index contributed by atoms with van der Waals surface area (Å²) in [6.45, 7) is 0. The third kappa shape index (κ3) is 2.06. The maximum atomic E-state index is 11.5. The van der Waals surface area contributed by atoms with Gasteiger partial charge in [-0.3, -0.25) is 0 Å². The van der Waals surface area contributed by atoms with Crippen LogP contribution in [0, 0.1) is 0 Å². The number of hydrogen-bond donors (Lipinski definition) is 1. The molecule has 1 aromatic heterocycles. The van der Waals surface area contributed by atoms with Crippen molar-refractivity contribution in [2.45, 2.75) is 6.42 Å². The van der Waals surface area contributed by atoms with Gasteiger partial charge in [-0.2, -0.15) is 0 Å². The number of aromatic nitrogens is 1. The molecule has 4 heteroatoms. The van der Waals surface area contributed by atoms with E-state index >= 15 is 0 Å². The van der Waals surface area contributed by atoms with Gasteiger partial charge in [0.25, 0.3) is 0 Å². The van der Waals surface area contributed by atoms with Crippen molar-refractivity contribution >= 4 is 23.1 Å². The van der Waals surface area contributed by atoms with Crippen LogP contribution in [0.25, 0.3) is 5.57 Å². The van der Waals surface area contributed by atoms with Gasteiger partial charge in [0.05, 0.1) is 7.11 Å². The number of benzene rings is 1. The number of halogens is 1. The lowest BCUT2D eigenvalue weighted by molar-refractivity contribution is 0.0594. The first-order valence-electron chi connectivity index (χ1n) is 5.95. The van der Waals surface area contributed by atoms with Crippen LogP contribution in [-0.2, 0) is 11.2 Å². The van der Waals surface area contributed by atoms with Crippen LogP contribution in [0.2, 0.25) is 5.02 Å². The third-order valence-corrected chi connectivity index (χ3v) is 3.51. The molecule has 3 nitrogen and oxygen atoms in total. The van der Waals surface area contributed by atoms with Crippen molar-refractivity contribution < 1.29 is 9.53 Å². The van der Waals surface area contributed by atoms with E-state index in [2.05, 4.69) is 11.1 Å². The Labute approximate surface area is 115 Å². The second-order valence-corrected chi connectivity index (χ2v) is 4.83. The van der Waals surface area contributed by atoms with E-state index in [9.17, 15) is 4.79 Å². The van der Waals surface area contributed by atoms with Crippen LogP contribution in [0.5, 0.6) is 0 Å². The van der Waals surface area contributed by atoms with E-state index in [1.807, 2.05) is 30.3 Å². The molecule has 0 bridgehead atoms. The minimum Gasteiger partial charge on any atom is -0.464 e. The number of esters is 1. The van der Waals surface area contributed by atoms with Crippen LogP contribution in [0.3, 0.4) is 0 Å². The van der Waals surface area contributed by atoms with Crippen LogP contribution >= 0.6 is 11.6 Å². The monoisotopic (exact) mass is 273 g/mol. The third-order valence-electron chi connectivity index (χ3n) is 3.26. The van der Waals surface area contributed by atoms with Crippen LogP contribution in [0.15, 0.2) is 36.4 Å². The fraction of sp³-hybridized carbons (Fsp3) is 0.133. The van der Waals surface area contributed by atoms with Crippen LogP contribution < -0.4 is 0 Å². The molecular weight excluding hydrogens is 262 g/mol. The molecule has 0 saturated carbocycles. The zero-order valence-electron chi connectivity index (χ0n) is 10.4. The Hall–Kier alpha value is -2.00. The van der Waals surface area contributed by atoms with Gasteiger partial charge in [-0.1, -0.05) is 29.8 Å². The molecule has 0 radical (unpaired) electrons. The molecule has 1 heterocycles. The lowest BCUT2D eigenvalue weighted by Crippen LogP contribution is -2.01. The van der Waals surface area contributed by atoms with Crippen molar-refractivity contribution in [1.82, 2.24) is 4.98 Å². The molecule has 0 saturated heterocycles. The molecule has 2 aromatic rings. The summed E-state index contributed by atoms with van der Waals surface area (Å²) in [4.78, 5) is 14.6. The molecule has 1 N–H and O–H groups in total. The lowest BCUT2D eigenvalue weighted by atomic mass is 10.0. The highest BCUT2D eigenvalue weighted by atomic mass is 35.5. The van der Waals surface area contributed by atoms with Gasteiger partial charge in [0.1, 0.15) is 5.69 Å². The van der Waals surface area contributed by atoms with Crippen LogP contribution in [0.4, 0.5) is 0 Å². The zero-order valence-corrected chi connectivity index (χ0v) is 11.1. The maximum absolute atomic E-state index is 11.5. The molecule has 1 aliphatic carbocycles. The van der Waals surface area contributed by atoms with Gasteiger partial charge >= 0.3 is 5.97 Å². The van der Waals surface area contributed by atoms with Crippen molar-refractivity contribution in [2.24, 2.45) is 0 Å². The summed E-state index contributed by atoms with van der Waals surface area (Å²) in [6, 6.07) is 9.53. The molecule has 0 amide bonds. The van der Waals surface area contributed by atoms with Crippen molar-refractivity contribution in [3.8, 4) is 0 Å². The predicted octanol–water partition coefficient (Wildman–Crippen LogP) is 3.44. The highest BCUT2D eigenvalue weighted by molar-refractivity contribution is 6.30. The van der Waals surface area contributed by atoms with E-state index < -0.39 is 0 Å². The Morgan fingerprint density at radius 3 is 2.74 bits per heavy atom. The average molecular weight is 274 g/mol. The number of methoxy groups -OCH3 is 1. The summed E-state index contributed by atoms with van der Waals surface area (Å²) in [7, 11) is 1.38. The Kier molecular flexibility index (Phi) is 2.91. The summed E-state index contributed by atoms with van der Waals surface area (Å²) in [5.41, 5.74) is 4.82. The second-order valence-electron chi connectivity index (χ2n) is 4.40. The standard InChI is InChI=1S/C15H12ClNO2/c1-19-15(18)14-8-12-11(6-7-13(12)17-14)9-2-4-10(16)5-3-9/h2-6,8,17H,7H2,1H3. The number of allylic oxidation sites excluding steroid dienone is 1. The van der Waals surface area contributed by atoms with Crippen molar-refractivity contribution in [3.63, 3.8) is 0 Å². The van der Waals surface area contributed by atoms with E-state index in [0.29, 0.717) is 10.7 Å². The zero-order chi connectivity index (χ0) is 13.4. The number of fused-ring (bicyclic) bond motifs is 1. The van der Waals surface area contributed by atoms with Gasteiger partial charge in [-0.05, 0) is 29.3 Å². The van der Waals surface area contributed by atoms with Gasteiger partial charge in [0.15, 0.2) is 0 Å². The topological polar surface area (TPSA) is 42.1 Å². The quantitative estimate of drug-likeness (QED) is 0.852. The van der Waals surface area contributed by atoms with E-state index in [1.165, 1.54) is 7.11 Å². The molecule has 0 spiro atoms. The van der Waals surface area contributed by atoms with Gasteiger partial charge in [0, 0.05) is 22.7 Å². The van der Waals surface area contributed by atoms with Crippen molar-refractivity contribution in [3.05, 3.63) is 63.9 Å².